The molecule has 5 heteroatoms. The van der Waals surface area contributed by atoms with Gasteiger partial charge in [-0.25, -0.2) is 13.8 Å². The highest BCUT2D eigenvalue weighted by molar-refractivity contribution is 5.26. The van der Waals surface area contributed by atoms with Crippen LogP contribution in [0.25, 0.3) is 0 Å². The van der Waals surface area contributed by atoms with Crippen molar-refractivity contribution in [1.82, 2.24) is 4.98 Å². The number of ether oxygens (including phenoxy) is 1. The monoisotopic (exact) mass is 216 g/mol. The lowest BCUT2D eigenvalue weighted by Crippen LogP contribution is -2.39. The van der Waals surface area contributed by atoms with Gasteiger partial charge in [0.05, 0.1) is 5.56 Å². The molecule has 3 nitrogen and oxygen atoms in total. The number of rotatable bonds is 4. The van der Waals surface area contributed by atoms with Crippen LogP contribution in [0.2, 0.25) is 0 Å². The summed E-state index contributed by atoms with van der Waals surface area (Å²) in [5.41, 5.74) is 4.89. The molecule has 0 aromatic carbocycles. The molecule has 84 valence electrons. The van der Waals surface area contributed by atoms with Crippen LogP contribution in [0.5, 0.6) is 5.88 Å². The third kappa shape index (κ3) is 3.79. The zero-order chi connectivity index (χ0) is 11.5. The van der Waals surface area contributed by atoms with Crippen LogP contribution < -0.4 is 10.5 Å². The van der Waals surface area contributed by atoms with E-state index in [0.717, 1.165) is 0 Å². The van der Waals surface area contributed by atoms with Crippen LogP contribution in [-0.2, 0) is 0 Å². The second kappa shape index (κ2) is 4.53. The summed E-state index contributed by atoms with van der Waals surface area (Å²) < 4.78 is 30.1. The first kappa shape index (κ1) is 11.8. The third-order valence-electron chi connectivity index (χ3n) is 1.62. The summed E-state index contributed by atoms with van der Waals surface area (Å²) in [7, 11) is 0. The number of nitrogens with two attached hydrogens (primary N) is 1. The summed E-state index contributed by atoms with van der Waals surface area (Å²) in [6.07, 6.45) is -1.18. The maximum Gasteiger partial charge on any atom is 0.269 e. The fraction of sp³-hybridized carbons (Fsp3) is 0.500. The Kier molecular flexibility index (Phi) is 3.57. The standard InChI is InChI=1S/C10H14F2N2O/c1-10(2,13)6-15-9-7(8(11)12)4-3-5-14-9/h3-5,8H,6,13H2,1-2H3. The molecule has 15 heavy (non-hydrogen) atoms. The van der Waals surface area contributed by atoms with Gasteiger partial charge in [0.2, 0.25) is 5.88 Å². The molecule has 0 fully saturated rings. The van der Waals surface area contributed by atoms with Gasteiger partial charge in [-0.3, -0.25) is 0 Å². The van der Waals surface area contributed by atoms with Gasteiger partial charge < -0.3 is 10.5 Å². The van der Waals surface area contributed by atoms with E-state index in [2.05, 4.69) is 4.98 Å². The molecule has 0 aliphatic rings. The van der Waals surface area contributed by atoms with Crippen molar-refractivity contribution >= 4 is 0 Å². The van der Waals surface area contributed by atoms with Crippen LogP contribution >= 0.6 is 0 Å². The van der Waals surface area contributed by atoms with Crippen LogP contribution in [0.4, 0.5) is 8.78 Å². The van der Waals surface area contributed by atoms with Crippen molar-refractivity contribution in [2.24, 2.45) is 5.73 Å². The van der Waals surface area contributed by atoms with Gasteiger partial charge in [-0.1, -0.05) is 0 Å². The highest BCUT2D eigenvalue weighted by atomic mass is 19.3. The summed E-state index contributed by atoms with van der Waals surface area (Å²) >= 11 is 0. The average molecular weight is 216 g/mol. The molecule has 0 radical (unpaired) electrons. The minimum Gasteiger partial charge on any atom is -0.475 e. The van der Waals surface area contributed by atoms with Crippen LogP contribution in [0.3, 0.4) is 0 Å². The summed E-state index contributed by atoms with van der Waals surface area (Å²) in [4.78, 5) is 3.75. The predicted molar refractivity (Wildman–Crippen MR) is 53.0 cm³/mol. The number of hydrogen-bond acceptors (Lipinski definition) is 3. The van der Waals surface area contributed by atoms with Crippen molar-refractivity contribution in [3.63, 3.8) is 0 Å². The Bertz CT molecular complexity index is 323. The Labute approximate surface area is 87.3 Å². The SMILES string of the molecule is CC(C)(N)COc1ncccc1C(F)F. The van der Waals surface area contributed by atoms with E-state index in [1.165, 1.54) is 18.3 Å². The largest absolute Gasteiger partial charge is 0.475 e. The molecule has 1 heterocycles. The molecular weight excluding hydrogens is 202 g/mol. The van der Waals surface area contributed by atoms with Crippen molar-refractivity contribution < 1.29 is 13.5 Å². The van der Waals surface area contributed by atoms with E-state index in [0.29, 0.717) is 0 Å². The lowest BCUT2D eigenvalue weighted by atomic mass is 10.1. The van der Waals surface area contributed by atoms with Gasteiger partial charge in [-0.2, -0.15) is 0 Å². The van der Waals surface area contributed by atoms with Crippen molar-refractivity contribution in [1.29, 1.82) is 0 Å². The molecule has 2 N–H and O–H groups in total. The highest BCUT2D eigenvalue weighted by Gasteiger charge is 2.17. The molecule has 0 bridgehead atoms. The molecule has 0 aliphatic carbocycles. The van der Waals surface area contributed by atoms with Gasteiger partial charge in [0.15, 0.2) is 0 Å². The predicted octanol–water partition coefficient (Wildman–Crippen LogP) is 2.14. The first-order chi connectivity index (χ1) is 6.90. The molecule has 0 saturated carbocycles. The van der Waals surface area contributed by atoms with Gasteiger partial charge in [-0.05, 0) is 26.0 Å². The van der Waals surface area contributed by atoms with Crippen LogP contribution in [-0.4, -0.2) is 17.1 Å². The Morgan fingerprint density at radius 2 is 2.20 bits per heavy atom. The van der Waals surface area contributed by atoms with E-state index in [1.54, 1.807) is 13.8 Å². The van der Waals surface area contributed by atoms with E-state index in [-0.39, 0.29) is 18.1 Å². The second-order valence-electron chi connectivity index (χ2n) is 3.98. The molecule has 1 aromatic heterocycles. The Balaban J connectivity index is 2.76. The van der Waals surface area contributed by atoms with Gasteiger partial charge in [0, 0.05) is 11.7 Å². The van der Waals surface area contributed by atoms with Crippen LogP contribution in [0.15, 0.2) is 18.3 Å². The Hall–Kier alpha value is -1.23. The molecule has 0 aliphatic heterocycles. The van der Waals surface area contributed by atoms with E-state index in [9.17, 15) is 8.78 Å². The third-order valence-corrected chi connectivity index (χ3v) is 1.62. The fourth-order valence-corrected chi connectivity index (χ4v) is 0.944. The van der Waals surface area contributed by atoms with Crippen LogP contribution in [0.1, 0.15) is 25.8 Å². The van der Waals surface area contributed by atoms with Crippen molar-refractivity contribution in [2.75, 3.05) is 6.61 Å². The van der Waals surface area contributed by atoms with Crippen molar-refractivity contribution in [3.05, 3.63) is 23.9 Å². The lowest BCUT2D eigenvalue weighted by Gasteiger charge is -2.19. The lowest BCUT2D eigenvalue weighted by molar-refractivity contribution is 0.140. The highest BCUT2D eigenvalue weighted by Crippen LogP contribution is 2.26. The average Bonchev–Trinajstić information content (AvgIpc) is 2.14. The molecule has 0 atom stereocenters. The maximum absolute atomic E-state index is 12.5. The smallest absolute Gasteiger partial charge is 0.269 e. The quantitative estimate of drug-likeness (QED) is 0.838. The van der Waals surface area contributed by atoms with Gasteiger partial charge in [0.25, 0.3) is 6.43 Å². The molecule has 1 rings (SSSR count). The number of alkyl halides is 2. The summed E-state index contributed by atoms with van der Waals surface area (Å²) in [6.45, 7) is 3.64. The minimum atomic E-state index is -2.59. The Morgan fingerprint density at radius 1 is 1.53 bits per heavy atom. The molecule has 0 unspecified atom stereocenters. The number of hydrogen-bond donors (Lipinski definition) is 1. The van der Waals surface area contributed by atoms with Gasteiger partial charge in [-0.15, -0.1) is 0 Å². The van der Waals surface area contributed by atoms with Crippen molar-refractivity contribution in [3.8, 4) is 5.88 Å². The van der Waals surface area contributed by atoms with E-state index < -0.39 is 12.0 Å². The molecular formula is C10H14F2N2O. The van der Waals surface area contributed by atoms with Gasteiger partial charge >= 0.3 is 0 Å². The molecule has 1 aromatic rings. The Morgan fingerprint density at radius 3 is 2.73 bits per heavy atom. The molecule has 0 amide bonds. The summed E-state index contributed by atoms with van der Waals surface area (Å²) in [6, 6.07) is 2.73. The number of pyridine rings is 1. The first-order valence-electron chi connectivity index (χ1n) is 4.55. The molecule has 0 spiro atoms. The number of nitrogens with zero attached hydrogens (tertiary/aromatic N) is 1. The summed E-state index contributed by atoms with van der Waals surface area (Å²) in [5, 5.41) is 0. The van der Waals surface area contributed by atoms with E-state index in [4.69, 9.17) is 10.5 Å². The summed E-state index contributed by atoms with van der Waals surface area (Å²) in [5.74, 6) is -0.0500. The zero-order valence-electron chi connectivity index (χ0n) is 8.71. The minimum absolute atomic E-state index is 0.0500. The molecule has 0 saturated heterocycles. The van der Waals surface area contributed by atoms with Crippen LogP contribution in [0, 0.1) is 0 Å². The first-order valence-corrected chi connectivity index (χ1v) is 4.55. The maximum atomic E-state index is 12.5. The van der Waals surface area contributed by atoms with Crippen molar-refractivity contribution in [2.45, 2.75) is 25.8 Å². The fourth-order valence-electron chi connectivity index (χ4n) is 0.944. The second-order valence-corrected chi connectivity index (χ2v) is 3.98. The van der Waals surface area contributed by atoms with E-state index >= 15 is 0 Å². The number of aromatic nitrogens is 1. The zero-order valence-corrected chi connectivity index (χ0v) is 8.71. The number of halogens is 2. The van der Waals surface area contributed by atoms with E-state index in [1.807, 2.05) is 0 Å². The normalized spacial score (nSPS) is 11.9. The topological polar surface area (TPSA) is 48.1 Å². The van der Waals surface area contributed by atoms with Gasteiger partial charge in [0.1, 0.15) is 6.61 Å².